The standard InChI is InChI=1S/C21H17N5O2S/c27-18(13-15-11-12-29-14-15)23-24-21(28)19-22-20(16-7-3-1-4-8-16)26(25-19)17-9-5-2-6-10-17/h1-12,14H,13H2,(H,23,27)(H,24,28). The maximum absolute atomic E-state index is 12.5. The van der Waals surface area contributed by atoms with Crippen molar-refractivity contribution in [1.29, 1.82) is 0 Å². The predicted molar refractivity (Wildman–Crippen MR) is 110 cm³/mol. The molecule has 2 aromatic heterocycles. The zero-order chi connectivity index (χ0) is 20.1. The van der Waals surface area contributed by atoms with E-state index in [4.69, 9.17) is 0 Å². The first-order valence-electron chi connectivity index (χ1n) is 8.89. The van der Waals surface area contributed by atoms with E-state index in [1.807, 2.05) is 77.5 Å². The van der Waals surface area contributed by atoms with Crippen molar-refractivity contribution in [2.75, 3.05) is 0 Å². The summed E-state index contributed by atoms with van der Waals surface area (Å²) in [6, 6.07) is 20.8. The molecule has 4 aromatic rings. The minimum absolute atomic E-state index is 0.0384. The van der Waals surface area contributed by atoms with Gasteiger partial charge in [0.1, 0.15) is 0 Å². The van der Waals surface area contributed by atoms with Gasteiger partial charge in [0.25, 0.3) is 0 Å². The van der Waals surface area contributed by atoms with E-state index in [9.17, 15) is 9.59 Å². The Morgan fingerprint density at radius 3 is 2.34 bits per heavy atom. The first-order chi connectivity index (χ1) is 14.2. The van der Waals surface area contributed by atoms with Crippen LogP contribution in [0.15, 0.2) is 77.5 Å². The number of nitrogens with zero attached hydrogens (tertiary/aromatic N) is 3. The second-order valence-corrected chi connectivity index (χ2v) is 6.96. The maximum Gasteiger partial charge on any atom is 0.309 e. The molecule has 4 rings (SSSR count). The molecule has 29 heavy (non-hydrogen) atoms. The molecule has 0 fully saturated rings. The highest BCUT2D eigenvalue weighted by Gasteiger charge is 2.19. The fourth-order valence-electron chi connectivity index (χ4n) is 2.74. The number of carbonyl (C=O) groups is 2. The Bertz CT molecular complexity index is 1050. The van der Waals surface area contributed by atoms with Crippen LogP contribution >= 0.6 is 11.3 Å². The van der Waals surface area contributed by atoms with Crippen LogP contribution in [0.25, 0.3) is 17.1 Å². The number of benzene rings is 2. The molecule has 0 saturated carbocycles. The SMILES string of the molecule is O=C(Cc1ccsc1)NNC(=O)c1nc(-c2ccccc2)n(-c2ccccc2)n1. The van der Waals surface area contributed by atoms with Crippen molar-refractivity contribution in [3.05, 3.63) is 88.9 Å². The molecule has 0 spiro atoms. The summed E-state index contributed by atoms with van der Waals surface area (Å²) in [6.07, 6.45) is 0.185. The molecule has 144 valence electrons. The Labute approximate surface area is 171 Å². The van der Waals surface area contributed by atoms with Crippen LogP contribution in [0.2, 0.25) is 0 Å². The number of nitrogens with one attached hydrogen (secondary N) is 2. The molecule has 0 unspecified atom stereocenters. The largest absolute Gasteiger partial charge is 0.309 e. The van der Waals surface area contributed by atoms with E-state index in [0.717, 1.165) is 16.8 Å². The van der Waals surface area contributed by atoms with Gasteiger partial charge in [0.15, 0.2) is 5.82 Å². The molecule has 0 bridgehead atoms. The van der Waals surface area contributed by atoms with E-state index in [2.05, 4.69) is 20.9 Å². The van der Waals surface area contributed by atoms with Gasteiger partial charge in [-0.3, -0.25) is 20.4 Å². The summed E-state index contributed by atoms with van der Waals surface area (Å²) in [7, 11) is 0. The number of hydrogen-bond donors (Lipinski definition) is 2. The minimum atomic E-state index is -0.587. The molecular formula is C21H17N5O2S. The van der Waals surface area contributed by atoms with E-state index < -0.39 is 5.91 Å². The Morgan fingerprint density at radius 2 is 1.66 bits per heavy atom. The number of rotatable bonds is 5. The summed E-state index contributed by atoms with van der Waals surface area (Å²) in [5.74, 6) is -0.409. The lowest BCUT2D eigenvalue weighted by molar-refractivity contribution is -0.121. The van der Waals surface area contributed by atoms with Crippen LogP contribution in [-0.2, 0) is 11.2 Å². The molecule has 0 aliphatic heterocycles. The zero-order valence-corrected chi connectivity index (χ0v) is 16.1. The zero-order valence-electron chi connectivity index (χ0n) is 15.3. The quantitative estimate of drug-likeness (QED) is 0.502. The van der Waals surface area contributed by atoms with E-state index in [1.165, 1.54) is 11.3 Å². The van der Waals surface area contributed by atoms with Gasteiger partial charge in [0.2, 0.25) is 11.7 Å². The molecule has 0 atom stereocenters. The summed E-state index contributed by atoms with van der Waals surface area (Å²) in [5, 5.41) is 8.14. The van der Waals surface area contributed by atoms with Gasteiger partial charge in [-0.05, 0) is 34.5 Å². The smallest absolute Gasteiger partial charge is 0.273 e. The lowest BCUT2D eigenvalue weighted by Crippen LogP contribution is -2.42. The molecule has 0 saturated heterocycles. The van der Waals surface area contributed by atoms with E-state index in [-0.39, 0.29) is 18.2 Å². The minimum Gasteiger partial charge on any atom is -0.273 e. The average molecular weight is 403 g/mol. The van der Waals surface area contributed by atoms with Crippen LogP contribution < -0.4 is 10.9 Å². The number of hydrazine groups is 1. The van der Waals surface area contributed by atoms with Gasteiger partial charge >= 0.3 is 5.91 Å². The molecule has 7 nitrogen and oxygen atoms in total. The van der Waals surface area contributed by atoms with Gasteiger partial charge in [0.05, 0.1) is 12.1 Å². The highest BCUT2D eigenvalue weighted by atomic mass is 32.1. The van der Waals surface area contributed by atoms with Gasteiger partial charge < -0.3 is 0 Å². The Balaban J connectivity index is 1.55. The van der Waals surface area contributed by atoms with Gasteiger partial charge in [-0.15, -0.1) is 5.10 Å². The fraction of sp³-hybridized carbons (Fsp3) is 0.0476. The summed E-state index contributed by atoms with van der Waals surface area (Å²) in [4.78, 5) is 28.9. The van der Waals surface area contributed by atoms with Crippen molar-refractivity contribution in [2.24, 2.45) is 0 Å². The third kappa shape index (κ3) is 4.39. The van der Waals surface area contributed by atoms with Crippen molar-refractivity contribution in [3.63, 3.8) is 0 Å². The second-order valence-electron chi connectivity index (χ2n) is 6.18. The second kappa shape index (κ2) is 8.49. The van der Waals surface area contributed by atoms with E-state index in [1.54, 1.807) is 4.68 Å². The normalized spacial score (nSPS) is 10.5. The third-order valence-corrected chi connectivity index (χ3v) is 4.84. The molecule has 8 heteroatoms. The van der Waals surface area contributed by atoms with Crippen molar-refractivity contribution in [1.82, 2.24) is 25.6 Å². The maximum atomic E-state index is 12.5. The third-order valence-electron chi connectivity index (χ3n) is 4.10. The topological polar surface area (TPSA) is 88.9 Å². The van der Waals surface area contributed by atoms with E-state index >= 15 is 0 Å². The van der Waals surface area contributed by atoms with Crippen LogP contribution in [0.1, 0.15) is 16.2 Å². The van der Waals surface area contributed by atoms with E-state index in [0.29, 0.717) is 5.82 Å². The monoisotopic (exact) mass is 403 g/mol. The van der Waals surface area contributed by atoms with Crippen LogP contribution in [0.5, 0.6) is 0 Å². The van der Waals surface area contributed by atoms with Gasteiger partial charge in [-0.25, -0.2) is 9.67 Å². The van der Waals surface area contributed by atoms with Gasteiger partial charge in [-0.1, -0.05) is 48.5 Å². The molecule has 2 amide bonds. The first kappa shape index (κ1) is 18.6. The number of para-hydroxylation sites is 1. The number of amides is 2. The number of carbonyl (C=O) groups excluding carboxylic acids is 2. The number of aromatic nitrogens is 3. The molecule has 2 aromatic carbocycles. The van der Waals surface area contributed by atoms with Gasteiger partial charge in [0, 0.05) is 5.56 Å². The van der Waals surface area contributed by atoms with Crippen molar-refractivity contribution in [2.45, 2.75) is 6.42 Å². The molecule has 2 N–H and O–H groups in total. The predicted octanol–water partition coefficient (Wildman–Crippen LogP) is 3.00. The lowest BCUT2D eigenvalue weighted by Gasteiger charge is -2.05. The summed E-state index contributed by atoms with van der Waals surface area (Å²) in [6.45, 7) is 0. The molecular weight excluding hydrogens is 386 g/mol. The fourth-order valence-corrected chi connectivity index (χ4v) is 3.41. The van der Waals surface area contributed by atoms with Crippen LogP contribution in [0.4, 0.5) is 0 Å². The average Bonchev–Trinajstić information content (AvgIpc) is 3.43. The molecule has 2 heterocycles. The summed E-state index contributed by atoms with van der Waals surface area (Å²) < 4.78 is 1.61. The molecule has 0 radical (unpaired) electrons. The molecule has 0 aliphatic carbocycles. The van der Waals surface area contributed by atoms with Gasteiger partial charge in [-0.2, -0.15) is 11.3 Å². The summed E-state index contributed by atoms with van der Waals surface area (Å²) >= 11 is 1.51. The number of hydrogen-bond acceptors (Lipinski definition) is 5. The number of thiophene rings is 1. The van der Waals surface area contributed by atoms with Crippen molar-refractivity contribution in [3.8, 4) is 17.1 Å². The lowest BCUT2D eigenvalue weighted by atomic mass is 10.2. The van der Waals surface area contributed by atoms with Crippen molar-refractivity contribution < 1.29 is 9.59 Å². The highest BCUT2D eigenvalue weighted by Crippen LogP contribution is 2.20. The highest BCUT2D eigenvalue weighted by molar-refractivity contribution is 7.08. The van der Waals surface area contributed by atoms with Crippen LogP contribution in [0, 0.1) is 0 Å². The van der Waals surface area contributed by atoms with Crippen LogP contribution in [-0.4, -0.2) is 26.6 Å². The Kier molecular flexibility index (Phi) is 5.44. The summed E-state index contributed by atoms with van der Waals surface area (Å²) in [5.41, 5.74) is 7.27. The molecule has 0 aliphatic rings. The van der Waals surface area contributed by atoms with Crippen LogP contribution in [0.3, 0.4) is 0 Å². The Hall–Kier alpha value is -3.78. The Morgan fingerprint density at radius 1 is 0.931 bits per heavy atom. The first-order valence-corrected chi connectivity index (χ1v) is 9.83. The van der Waals surface area contributed by atoms with Crippen molar-refractivity contribution >= 4 is 23.2 Å².